The molecule has 0 aromatic carbocycles. The summed E-state index contributed by atoms with van der Waals surface area (Å²) in [5.74, 6) is 0.297. The third kappa shape index (κ3) is 3.67. The van der Waals surface area contributed by atoms with Crippen LogP contribution >= 0.6 is 0 Å². The SMILES string of the molecule is NC(CN1CCN(CC2CCC3(CCCC3)O2)CC1)=NO. The minimum absolute atomic E-state index is 0.249. The number of nitrogens with zero attached hydrogens (tertiary/aromatic N) is 3. The van der Waals surface area contributed by atoms with Crippen LogP contribution in [0.5, 0.6) is 0 Å². The molecule has 2 heterocycles. The smallest absolute Gasteiger partial charge is 0.153 e. The van der Waals surface area contributed by atoms with Gasteiger partial charge in [-0.3, -0.25) is 9.80 Å². The predicted molar refractivity (Wildman–Crippen MR) is 81.6 cm³/mol. The molecule has 3 fully saturated rings. The van der Waals surface area contributed by atoms with Gasteiger partial charge in [-0.05, 0) is 25.7 Å². The van der Waals surface area contributed by atoms with Crippen LogP contribution in [0.15, 0.2) is 5.16 Å². The molecule has 0 radical (unpaired) electrons. The third-order valence-corrected chi connectivity index (χ3v) is 5.29. The summed E-state index contributed by atoms with van der Waals surface area (Å²) in [6.45, 7) is 5.69. The van der Waals surface area contributed by atoms with Crippen LogP contribution in [0.3, 0.4) is 0 Å². The second kappa shape index (κ2) is 6.50. The van der Waals surface area contributed by atoms with Crippen LogP contribution in [-0.4, -0.2) is 71.8 Å². The van der Waals surface area contributed by atoms with Crippen LogP contribution < -0.4 is 5.73 Å². The highest BCUT2D eigenvalue weighted by Gasteiger charge is 2.42. The van der Waals surface area contributed by atoms with Gasteiger partial charge in [-0.25, -0.2) is 0 Å². The number of nitrogens with two attached hydrogens (primary N) is 1. The fourth-order valence-corrected chi connectivity index (χ4v) is 4.09. The zero-order valence-corrected chi connectivity index (χ0v) is 12.8. The normalized spacial score (nSPS) is 31.2. The summed E-state index contributed by atoms with van der Waals surface area (Å²) in [6, 6.07) is 0. The van der Waals surface area contributed by atoms with Crippen LogP contribution in [0.1, 0.15) is 38.5 Å². The van der Waals surface area contributed by atoms with E-state index in [1.807, 2.05) is 0 Å². The Morgan fingerprint density at radius 1 is 1.14 bits per heavy atom. The van der Waals surface area contributed by atoms with Crippen molar-refractivity contribution in [1.82, 2.24) is 9.80 Å². The Kier molecular flexibility index (Phi) is 4.66. The summed E-state index contributed by atoms with van der Waals surface area (Å²) in [7, 11) is 0. The number of ether oxygens (including phenoxy) is 1. The third-order valence-electron chi connectivity index (χ3n) is 5.29. The molecule has 1 atom stereocenters. The molecule has 0 bridgehead atoms. The standard InChI is InChI=1S/C15H28N4O2/c16-14(17-20)12-19-9-7-18(8-10-19)11-13-3-6-15(21-13)4-1-2-5-15/h13,20H,1-12H2,(H2,16,17). The van der Waals surface area contributed by atoms with E-state index in [0.717, 1.165) is 32.7 Å². The molecule has 0 aromatic heterocycles. The topological polar surface area (TPSA) is 74.3 Å². The van der Waals surface area contributed by atoms with Crippen molar-refractivity contribution in [2.45, 2.75) is 50.2 Å². The van der Waals surface area contributed by atoms with Gasteiger partial charge in [0.05, 0.1) is 18.2 Å². The summed E-state index contributed by atoms with van der Waals surface area (Å²) in [6.07, 6.45) is 8.16. The van der Waals surface area contributed by atoms with Gasteiger partial charge in [0, 0.05) is 32.7 Å². The summed E-state index contributed by atoms with van der Waals surface area (Å²) in [5, 5.41) is 11.7. The van der Waals surface area contributed by atoms with Gasteiger partial charge in [0.25, 0.3) is 0 Å². The van der Waals surface area contributed by atoms with E-state index in [0.29, 0.717) is 18.5 Å². The van der Waals surface area contributed by atoms with E-state index in [2.05, 4.69) is 15.0 Å². The quantitative estimate of drug-likeness (QED) is 0.348. The molecule has 6 nitrogen and oxygen atoms in total. The first kappa shape index (κ1) is 15.1. The van der Waals surface area contributed by atoms with E-state index in [9.17, 15) is 0 Å². The molecule has 2 saturated heterocycles. The highest BCUT2D eigenvalue weighted by Crippen LogP contribution is 2.43. The van der Waals surface area contributed by atoms with Gasteiger partial charge >= 0.3 is 0 Å². The lowest BCUT2D eigenvalue weighted by Gasteiger charge is -2.35. The lowest BCUT2D eigenvalue weighted by molar-refractivity contribution is -0.0506. The van der Waals surface area contributed by atoms with E-state index in [1.165, 1.54) is 38.5 Å². The molecule has 3 rings (SSSR count). The van der Waals surface area contributed by atoms with Crippen LogP contribution in [-0.2, 0) is 4.74 Å². The first-order valence-corrected chi connectivity index (χ1v) is 8.28. The zero-order chi connectivity index (χ0) is 14.7. The van der Waals surface area contributed by atoms with Crippen LogP contribution in [0.25, 0.3) is 0 Å². The van der Waals surface area contributed by atoms with Gasteiger partial charge in [-0.15, -0.1) is 0 Å². The molecule has 1 unspecified atom stereocenters. The van der Waals surface area contributed by atoms with Crippen LogP contribution in [0.4, 0.5) is 0 Å². The molecule has 3 N–H and O–H groups in total. The molecule has 1 saturated carbocycles. The van der Waals surface area contributed by atoms with Crippen molar-refractivity contribution in [3.8, 4) is 0 Å². The fourth-order valence-electron chi connectivity index (χ4n) is 4.09. The maximum Gasteiger partial charge on any atom is 0.153 e. The Hall–Kier alpha value is -0.850. The Bertz CT molecular complexity index is 374. The number of piperazine rings is 1. The Morgan fingerprint density at radius 3 is 2.48 bits per heavy atom. The largest absolute Gasteiger partial charge is 0.409 e. The first-order chi connectivity index (χ1) is 10.2. The van der Waals surface area contributed by atoms with E-state index in [-0.39, 0.29) is 5.60 Å². The first-order valence-electron chi connectivity index (χ1n) is 8.28. The van der Waals surface area contributed by atoms with Crippen molar-refractivity contribution in [2.24, 2.45) is 10.9 Å². The van der Waals surface area contributed by atoms with Crippen molar-refractivity contribution in [3.63, 3.8) is 0 Å². The van der Waals surface area contributed by atoms with E-state index >= 15 is 0 Å². The van der Waals surface area contributed by atoms with Gasteiger partial charge < -0.3 is 15.7 Å². The zero-order valence-electron chi connectivity index (χ0n) is 12.8. The summed E-state index contributed by atoms with van der Waals surface area (Å²) >= 11 is 0. The molecule has 6 heteroatoms. The molecule has 0 aromatic rings. The number of oxime groups is 1. The summed E-state index contributed by atoms with van der Waals surface area (Å²) in [4.78, 5) is 4.74. The molecule has 1 aliphatic carbocycles. The van der Waals surface area contributed by atoms with Gasteiger partial charge in [0.2, 0.25) is 0 Å². The summed E-state index contributed by atoms with van der Waals surface area (Å²) in [5.41, 5.74) is 5.81. The predicted octanol–water partition coefficient (Wildman–Crippen LogP) is 0.842. The van der Waals surface area contributed by atoms with Crippen molar-refractivity contribution in [3.05, 3.63) is 0 Å². The van der Waals surface area contributed by atoms with Crippen molar-refractivity contribution in [1.29, 1.82) is 0 Å². The number of hydrogen-bond acceptors (Lipinski definition) is 5. The van der Waals surface area contributed by atoms with Crippen LogP contribution in [0.2, 0.25) is 0 Å². The highest BCUT2D eigenvalue weighted by atomic mass is 16.5. The van der Waals surface area contributed by atoms with Crippen molar-refractivity contribution < 1.29 is 9.94 Å². The van der Waals surface area contributed by atoms with E-state index in [1.54, 1.807) is 0 Å². The Labute approximate surface area is 126 Å². The Morgan fingerprint density at radius 2 is 1.81 bits per heavy atom. The van der Waals surface area contributed by atoms with Gasteiger partial charge in [0.1, 0.15) is 0 Å². The van der Waals surface area contributed by atoms with E-state index < -0.39 is 0 Å². The molecule has 1 spiro atoms. The van der Waals surface area contributed by atoms with Crippen LogP contribution in [0, 0.1) is 0 Å². The number of rotatable bonds is 4. The summed E-state index contributed by atoms with van der Waals surface area (Å²) < 4.78 is 6.39. The second-order valence-corrected chi connectivity index (χ2v) is 6.84. The minimum atomic E-state index is 0.249. The lowest BCUT2D eigenvalue weighted by atomic mass is 9.98. The maximum absolute atomic E-state index is 8.62. The molecule has 2 aliphatic heterocycles. The van der Waals surface area contributed by atoms with Crippen molar-refractivity contribution >= 4 is 5.84 Å². The molecule has 120 valence electrons. The average molecular weight is 296 g/mol. The van der Waals surface area contributed by atoms with Gasteiger partial charge in [-0.1, -0.05) is 18.0 Å². The molecular formula is C15H28N4O2. The maximum atomic E-state index is 8.62. The second-order valence-electron chi connectivity index (χ2n) is 6.84. The highest BCUT2D eigenvalue weighted by molar-refractivity contribution is 5.81. The molecule has 3 aliphatic rings. The number of amidine groups is 1. The molecule has 21 heavy (non-hydrogen) atoms. The fraction of sp³-hybridized carbons (Fsp3) is 0.933. The monoisotopic (exact) mass is 296 g/mol. The van der Waals surface area contributed by atoms with Gasteiger partial charge in [0.15, 0.2) is 5.84 Å². The molecule has 0 amide bonds. The average Bonchev–Trinajstić information content (AvgIpc) is 3.11. The van der Waals surface area contributed by atoms with Gasteiger partial charge in [-0.2, -0.15) is 0 Å². The van der Waals surface area contributed by atoms with E-state index in [4.69, 9.17) is 15.7 Å². The lowest BCUT2D eigenvalue weighted by Crippen LogP contribution is -2.50. The molecular weight excluding hydrogens is 268 g/mol. The van der Waals surface area contributed by atoms with Crippen molar-refractivity contribution in [2.75, 3.05) is 39.3 Å². The Balaban J connectivity index is 1.40. The number of hydrogen-bond donors (Lipinski definition) is 2. The minimum Gasteiger partial charge on any atom is -0.409 e.